The number of nitrogens with one attached hydrogen (secondary N) is 1. The fourth-order valence-electron chi connectivity index (χ4n) is 3.62. The summed E-state index contributed by atoms with van der Waals surface area (Å²) in [6.07, 6.45) is -0.146. The molecule has 174 valence electrons. The van der Waals surface area contributed by atoms with E-state index in [1.807, 2.05) is 26.0 Å². The first-order chi connectivity index (χ1) is 15.0. The molecule has 1 fully saturated rings. The minimum Gasteiger partial charge on any atom is -0.495 e. The molecule has 0 unspecified atom stereocenters. The standard InChI is InChI=1S/C21H27N3O6S2/c1-5-23(6-2)16-7-9-18(15(3)13-16)22-32(28,29)20-14-17(8-10-19(20)30-4)24-21(25)11-12-31(24,26)27/h7-10,13-14,22H,5-6,11-12H2,1-4H3. The Labute approximate surface area is 189 Å². The molecule has 2 aromatic rings. The van der Waals surface area contributed by atoms with Gasteiger partial charge in [0.25, 0.3) is 10.0 Å². The van der Waals surface area contributed by atoms with Crippen LogP contribution in [0.25, 0.3) is 0 Å². The van der Waals surface area contributed by atoms with Crippen LogP contribution >= 0.6 is 0 Å². The van der Waals surface area contributed by atoms with Crippen LogP contribution in [0.4, 0.5) is 17.1 Å². The van der Waals surface area contributed by atoms with Gasteiger partial charge in [0.1, 0.15) is 10.6 Å². The van der Waals surface area contributed by atoms with E-state index in [-0.39, 0.29) is 28.5 Å². The number of hydrogen-bond donors (Lipinski definition) is 1. The summed E-state index contributed by atoms with van der Waals surface area (Å²) in [6.45, 7) is 7.53. The molecule has 1 N–H and O–H groups in total. The normalized spacial score (nSPS) is 15.6. The second-order valence-corrected chi connectivity index (χ2v) is 10.9. The first-order valence-electron chi connectivity index (χ1n) is 10.2. The van der Waals surface area contributed by atoms with Crippen molar-refractivity contribution in [3.05, 3.63) is 42.0 Å². The van der Waals surface area contributed by atoms with Crippen molar-refractivity contribution in [2.24, 2.45) is 0 Å². The molecule has 11 heteroatoms. The Balaban J connectivity index is 2.00. The Morgan fingerprint density at radius 3 is 2.34 bits per heavy atom. The van der Waals surface area contributed by atoms with Crippen LogP contribution in [0.2, 0.25) is 0 Å². The Hall–Kier alpha value is -2.79. The van der Waals surface area contributed by atoms with Crippen LogP contribution in [0.5, 0.6) is 5.75 Å². The number of benzene rings is 2. The number of carbonyl (C=O) groups excluding carboxylic acids is 1. The van der Waals surface area contributed by atoms with Gasteiger partial charge in [0.05, 0.1) is 24.2 Å². The molecule has 0 radical (unpaired) electrons. The van der Waals surface area contributed by atoms with Gasteiger partial charge in [0.2, 0.25) is 15.9 Å². The maximum absolute atomic E-state index is 13.2. The fraction of sp³-hybridized carbons (Fsp3) is 0.381. The summed E-state index contributed by atoms with van der Waals surface area (Å²) in [6, 6.07) is 9.24. The topological polar surface area (TPSA) is 113 Å². The fourth-order valence-corrected chi connectivity index (χ4v) is 6.39. The van der Waals surface area contributed by atoms with E-state index in [4.69, 9.17) is 4.74 Å². The third kappa shape index (κ3) is 4.53. The van der Waals surface area contributed by atoms with Gasteiger partial charge in [-0.15, -0.1) is 0 Å². The molecule has 3 rings (SSSR count). The zero-order chi connectivity index (χ0) is 23.7. The zero-order valence-corrected chi connectivity index (χ0v) is 20.1. The number of rotatable bonds is 8. The van der Waals surface area contributed by atoms with E-state index in [1.54, 1.807) is 13.0 Å². The Bertz CT molecular complexity index is 1240. The summed E-state index contributed by atoms with van der Waals surface area (Å²) in [7, 11) is -6.67. The van der Waals surface area contributed by atoms with E-state index in [2.05, 4.69) is 9.62 Å². The number of sulfonamides is 2. The molecular formula is C21H27N3O6S2. The number of ether oxygens (including phenoxy) is 1. The molecule has 0 bridgehead atoms. The van der Waals surface area contributed by atoms with Crippen LogP contribution in [-0.4, -0.2) is 48.7 Å². The first kappa shape index (κ1) is 23.9. The van der Waals surface area contributed by atoms with E-state index in [1.165, 1.54) is 19.2 Å². The first-order valence-corrected chi connectivity index (χ1v) is 13.3. The van der Waals surface area contributed by atoms with E-state index >= 15 is 0 Å². The summed E-state index contributed by atoms with van der Waals surface area (Å²) < 4.78 is 59.4. The second-order valence-electron chi connectivity index (χ2n) is 7.34. The van der Waals surface area contributed by atoms with Crippen LogP contribution in [0.3, 0.4) is 0 Å². The number of carbonyl (C=O) groups is 1. The molecule has 0 saturated carbocycles. The average Bonchev–Trinajstić information content (AvgIpc) is 3.02. The van der Waals surface area contributed by atoms with Crippen LogP contribution in [0.15, 0.2) is 41.3 Å². The summed E-state index contributed by atoms with van der Waals surface area (Å²) >= 11 is 0. The molecule has 1 aliphatic heterocycles. The molecule has 0 aromatic heterocycles. The van der Waals surface area contributed by atoms with Gasteiger partial charge in [0, 0.05) is 25.2 Å². The molecule has 32 heavy (non-hydrogen) atoms. The van der Waals surface area contributed by atoms with Crippen LogP contribution in [0, 0.1) is 6.92 Å². The summed E-state index contributed by atoms with van der Waals surface area (Å²) in [5.74, 6) is -0.881. The van der Waals surface area contributed by atoms with Crippen molar-refractivity contribution >= 4 is 43.0 Å². The monoisotopic (exact) mass is 481 g/mol. The average molecular weight is 482 g/mol. The molecule has 1 aliphatic rings. The number of nitrogens with zero attached hydrogens (tertiary/aromatic N) is 2. The molecule has 1 amide bonds. The minimum atomic E-state index is -4.15. The lowest BCUT2D eigenvalue weighted by molar-refractivity contribution is -0.116. The predicted molar refractivity (Wildman–Crippen MR) is 124 cm³/mol. The van der Waals surface area contributed by atoms with Gasteiger partial charge in [-0.2, -0.15) is 0 Å². The molecule has 0 atom stereocenters. The van der Waals surface area contributed by atoms with Gasteiger partial charge in [-0.25, -0.2) is 21.1 Å². The van der Waals surface area contributed by atoms with E-state index in [9.17, 15) is 21.6 Å². The summed E-state index contributed by atoms with van der Waals surface area (Å²) in [4.78, 5) is 14.0. The number of anilines is 3. The second kappa shape index (κ2) is 8.99. The van der Waals surface area contributed by atoms with Crippen molar-refractivity contribution in [1.82, 2.24) is 0 Å². The highest BCUT2D eigenvalue weighted by Crippen LogP contribution is 2.34. The van der Waals surface area contributed by atoms with Crippen molar-refractivity contribution in [3.63, 3.8) is 0 Å². The van der Waals surface area contributed by atoms with Crippen molar-refractivity contribution < 1.29 is 26.4 Å². The lowest BCUT2D eigenvalue weighted by Crippen LogP contribution is -2.29. The molecule has 2 aromatic carbocycles. The maximum Gasteiger partial charge on any atom is 0.265 e. The predicted octanol–water partition coefficient (Wildman–Crippen LogP) is 2.72. The molecule has 0 spiro atoms. The zero-order valence-electron chi connectivity index (χ0n) is 18.5. The van der Waals surface area contributed by atoms with Gasteiger partial charge < -0.3 is 9.64 Å². The minimum absolute atomic E-state index is 0.0303. The van der Waals surface area contributed by atoms with Gasteiger partial charge in [-0.1, -0.05) is 0 Å². The summed E-state index contributed by atoms with van der Waals surface area (Å²) in [5.41, 5.74) is 2.05. The Morgan fingerprint density at radius 1 is 1.12 bits per heavy atom. The molecular weight excluding hydrogens is 454 g/mol. The quantitative estimate of drug-likeness (QED) is 0.617. The highest BCUT2D eigenvalue weighted by molar-refractivity contribution is 7.94. The SMILES string of the molecule is CCN(CC)c1ccc(NS(=O)(=O)c2cc(N3C(=O)CCS3(=O)=O)ccc2OC)c(C)c1. The van der Waals surface area contributed by atoms with Crippen molar-refractivity contribution in [2.75, 3.05) is 39.9 Å². The van der Waals surface area contributed by atoms with Crippen molar-refractivity contribution in [1.29, 1.82) is 0 Å². The number of hydrogen-bond acceptors (Lipinski definition) is 7. The van der Waals surface area contributed by atoms with Crippen molar-refractivity contribution in [2.45, 2.75) is 32.1 Å². The largest absolute Gasteiger partial charge is 0.495 e. The van der Waals surface area contributed by atoms with Gasteiger partial charge in [0.15, 0.2) is 0 Å². The number of methoxy groups -OCH3 is 1. The summed E-state index contributed by atoms with van der Waals surface area (Å²) in [5, 5.41) is 0. The van der Waals surface area contributed by atoms with E-state index in [0.29, 0.717) is 9.99 Å². The van der Waals surface area contributed by atoms with Crippen LogP contribution in [0.1, 0.15) is 25.8 Å². The van der Waals surface area contributed by atoms with Crippen molar-refractivity contribution in [3.8, 4) is 5.75 Å². The highest BCUT2D eigenvalue weighted by Gasteiger charge is 2.37. The molecule has 9 nitrogen and oxygen atoms in total. The van der Waals surface area contributed by atoms with Crippen LogP contribution in [-0.2, 0) is 24.8 Å². The molecule has 1 saturated heterocycles. The maximum atomic E-state index is 13.2. The third-order valence-electron chi connectivity index (χ3n) is 5.33. The van der Waals surface area contributed by atoms with E-state index < -0.39 is 26.0 Å². The van der Waals surface area contributed by atoms with Gasteiger partial charge in [-0.3, -0.25) is 9.52 Å². The highest BCUT2D eigenvalue weighted by atomic mass is 32.2. The Morgan fingerprint density at radius 2 is 1.81 bits per heavy atom. The van der Waals surface area contributed by atoms with Gasteiger partial charge in [-0.05, 0) is 62.7 Å². The van der Waals surface area contributed by atoms with E-state index in [0.717, 1.165) is 30.4 Å². The molecule has 0 aliphatic carbocycles. The Kier molecular flexibility index (Phi) is 6.70. The molecule has 1 heterocycles. The van der Waals surface area contributed by atoms with Gasteiger partial charge >= 0.3 is 0 Å². The van der Waals surface area contributed by atoms with Crippen LogP contribution < -0.4 is 18.7 Å². The lowest BCUT2D eigenvalue weighted by Gasteiger charge is -2.22. The lowest BCUT2D eigenvalue weighted by atomic mass is 10.1. The smallest absolute Gasteiger partial charge is 0.265 e. The third-order valence-corrected chi connectivity index (χ3v) is 8.41. The number of amides is 1. The number of aryl methyl sites for hydroxylation is 1.